The van der Waals surface area contributed by atoms with Gasteiger partial charge in [-0.15, -0.1) is 0 Å². The van der Waals surface area contributed by atoms with Crippen molar-refractivity contribution >= 4 is 22.6 Å². The monoisotopic (exact) mass is 379 g/mol. The second-order valence-electron chi connectivity index (χ2n) is 7.06. The summed E-state index contributed by atoms with van der Waals surface area (Å²) in [5, 5.41) is 4.24. The van der Waals surface area contributed by atoms with Crippen LogP contribution >= 0.6 is 0 Å². The Morgan fingerprint density at radius 2 is 1.93 bits per heavy atom. The van der Waals surface area contributed by atoms with Crippen molar-refractivity contribution < 1.29 is 4.84 Å². The molecule has 0 aliphatic carbocycles. The van der Waals surface area contributed by atoms with E-state index in [4.69, 9.17) is 15.6 Å². The van der Waals surface area contributed by atoms with Crippen LogP contribution in [0.15, 0.2) is 35.5 Å². The van der Waals surface area contributed by atoms with Gasteiger partial charge < -0.3 is 15.1 Å². The van der Waals surface area contributed by atoms with Gasteiger partial charge in [-0.3, -0.25) is 0 Å². The number of hydrogen-bond acceptors (Lipinski definition) is 5. The lowest BCUT2D eigenvalue weighted by molar-refractivity contribution is 0.138. The van der Waals surface area contributed by atoms with Crippen molar-refractivity contribution in [1.29, 1.82) is 0 Å². The summed E-state index contributed by atoms with van der Waals surface area (Å²) in [5.41, 5.74) is 12.1. The summed E-state index contributed by atoms with van der Waals surface area (Å²) < 4.78 is 2.27. The maximum Gasteiger partial charge on any atom is 0.151 e. The summed E-state index contributed by atoms with van der Waals surface area (Å²) in [5.74, 6) is 1.57. The van der Waals surface area contributed by atoms with E-state index in [2.05, 4.69) is 28.6 Å². The van der Waals surface area contributed by atoms with E-state index in [1.807, 2.05) is 44.2 Å². The third-order valence-electron chi connectivity index (χ3n) is 4.96. The Bertz CT molecular complexity index is 976. The summed E-state index contributed by atoms with van der Waals surface area (Å²) in [7, 11) is 0. The molecule has 2 aromatic heterocycles. The summed E-state index contributed by atoms with van der Waals surface area (Å²) in [6, 6.07) is 10.0. The average molecular weight is 380 g/mol. The number of oxime groups is 1. The zero-order chi connectivity index (χ0) is 20.1. The first-order valence-electron chi connectivity index (χ1n) is 9.86. The molecule has 0 amide bonds. The molecule has 0 radical (unpaired) electrons. The third-order valence-corrected chi connectivity index (χ3v) is 4.96. The highest BCUT2D eigenvalue weighted by molar-refractivity contribution is 5.98. The van der Waals surface area contributed by atoms with Gasteiger partial charge in [0, 0.05) is 25.1 Å². The first-order valence-corrected chi connectivity index (χ1v) is 9.86. The van der Waals surface area contributed by atoms with Gasteiger partial charge in [0.05, 0.1) is 11.2 Å². The van der Waals surface area contributed by atoms with Crippen LogP contribution in [0.3, 0.4) is 0 Å². The van der Waals surface area contributed by atoms with Gasteiger partial charge in [-0.2, -0.15) is 0 Å². The van der Waals surface area contributed by atoms with E-state index in [-0.39, 0.29) is 0 Å². The van der Waals surface area contributed by atoms with E-state index < -0.39 is 0 Å². The number of anilines is 1. The molecule has 0 aliphatic heterocycles. The maximum atomic E-state index is 6.14. The number of imidazole rings is 1. The SMILES string of the molecule is CCCc1nc2c(N)nc(C)c(C)c2n1CCCON=C(C)c1ccccc1. The van der Waals surface area contributed by atoms with Crippen LogP contribution in [0, 0.1) is 13.8 Å². The number of pyridine rings is 1. The molecule has 0 aliphatic rings. The second kappa shape index (κ2) is 8.87. The molecule has 2 N–H and O–H groups in total. The Balaban J connectivity index is 1.72. The number of benzene rings is 1. The Labute approximate surface area is 166 Å². The smallest absolute Gasteiger partial charge is 0.151 e. The fourth-order valence-corrected chi connectivity index (χ4v) is 3.36. The summed E-state index contributed by atoms with van der Waals surface area (Å²) in [4.78, 5) is 14.8. The second-order valence-corrected chi connectivity index (χ2v) is 7.06. The van der Waals surface area contributed by atoms with Gasteiger partial charge in [0.1, 0.15) is 17.9 Å². The third kappa shape index (κ3) is 4.16. The van der Waals surface area contributed by atoms with Gasteiger partial charge in [0.15, 0.2) is 5.82 Å². The molecule has 0 saturated carbocycles. The first kappa shape index (κ1) is 19.9. The van der Waals surface area contributed by atoms with Gasteiger partial charge in [0.2, 0.25) is 0 Å². The van der Waals surface area contributed by atoms with Crippen molar-refractivity contribution in [1.82, 2.24) is 14.5 Å². The van der Waals surface area contributed by atoms with Crippen LogP contribution in [0.5, 0.6) is 0 Å². The molecule has 1 aromatic carbocycles. The molecule has 0 atom stereocenters. The molecule has 0 unspecified atom stereocenters. The Morgan fingerprint density at radius 1 is 1.18 bits per heavy atom. The molecule has 148 valence electrons. The van der Waals surface area contributed by atoms with Crippen LogP contribution in [0.4, 0.5) is 5.82 Å². The molecule has 6 nitrogen and oxygen atoms in total. The van der Waals surface area contributed by atoms with Crippen LogP contribution in [-0.2, 0) is 17.8 Å². The number of nitrogens with zero attached hydrogens (tertiary/aromatic N) is 4. The molecule has 0 bridgehead atoms. The molecule has 3 aromatic rings. The normalized spacial score (nSPS) is 11.9. The Morgan fingerprint density at radius 3 is 2.64 bits per heavy atom. The van der Waals surface area contributed by atoms with Crippen molar-refractivity contribution in [2.24, 2.45) is 5.16 Å². The standard InChI is InChI=1S/C22H29N5O/c1-5-10-19-25-20-21(15(2)16(3)24-22(20)23)27(19)13-9-14-28-26-17(4)18-11-7-6-8-12-18/h6-8,11-12H,5,9-10,13-14H2,1-4H3,(H2,23,24). The average Bonchev–Trinajstić information content (AvgIpc) is 3.06. The highest BCUT2D eigenvalue weighted by atomic mass is 16.6. The van der Waals surface area contributed by atoms with Gasteiger partial charge >= 0.3 is 0 Å². The number of rotatable bonds is 8. The largest absolute Gasteiger partial charge is 0.396 e. The molecule has 3 rings (SSSR count). The van der Waals surface area contributed by atoms with Crippen molar-refractivity contribution in [3.05, 3.63) is 53.0 Å². The van der Waals surface area contributed by atoms with E-state index in [1.54, 1.807) is 0 Å². The molecular formula is C22H29N5O. The number of aryl methyl sites for hydroxylation is 4. The molecule has 6 heteroatoms. The molecule has 0 spiro atoms. The van der Waals surface area contributed by atoms with Gasteiger partial charge in [-0.05, 0) is 38.3 Å². The summed E-state index contributed by atoms with van der Waals surface area (Å²) in [6.07, 6.45) is 2.79. The summed E-state index contributed by atoms with van der Waals surface area (Å²) in [6.45, 7) is 9.56. The minimum absolute atomic E-state index is 0.508. The highest BCUT2D eigenvalue weighted by Crippen LogP contribution is 2.26. The van der Waals surface area contributed by atoms with E-state index in [0.717, 1.165) is 65.2 Å². The van der Waals surface area contributed by atoms with Crippen molar-refractivity contribution in [2.45, 2.75) is 53.5 Å². The minimum atomic E-state index is 0.508. The fourth-order valence-electron chi connectivity index (χ4n) is 3.36. The molecule has 28 heavy (non-hydrogen) atoms. The molecule has 2 heterocycles. The van der Waals surface area contributed by atoms with Crippen LogP contribution < -0.4 is 5.73 Å². The number of fused-ring (bicyclic) bond motifs is 1. The zero-order valence-electron chi connectivity index (χ0n) is 17.2. The lowest BCUT2D eigenvalue weighted by Crippen LogP contribution is -2.08. The van der Waals surface area contributed by atoms with Crippen LogP contribution in [0.25, 0.3) is 11.0 Å². The molecular weight excluding hydrogens is 350 g/mol. The van der Waals surface area contributed by atoms with Crippen LogP contribution in [0.2, 0.25) is 0 Å². The highest BCUT2D eigenvalue weighted by Gasteiger charge is 2.17. The van der Waals surface area contributed by atoms with Crippen LogP contribution in [0.1, 0.15) is 49.3 Å². The topological polar surface area (TPSA) is 78.3 Å². The van der Waals surface area contributed by atoms with Crippen LogP contribution in [-0.4, -0.2) is 26.9 Å². The number of nitrogens with two attached hydrogens (primary N) is 1. The quantitative estimate of drug-likeness (QED) is 0.357. The van der Waals surface area contributed by atoms with Gasteiger partial charge in [-0.1, -0.05) is 42.4 Å². The van der Waals surface area contributed by atoms with E-state index in [1.165, 1.54) is 0 Å². The zero-order valence-corrected chi connectivity index (χ0v) is 17.2. The lowest BCUT2D eigenvalue weighted by Gasteiger charge is -2.11. The van der Waals surface area contributed by atoms with Crippen molar-refractivity contribution in [2.75, 3.05) is 12.3 Å². The van der Waals surface area contributed by atoms with Crippen molar-refractivity contribution in [3.63, 3.8) is 0 Å². The predicted molar refractivity (Wildman–Crippen MR) is 115 cm³/mol. The number of nitrogen functional groups attached to an aromatic ring is 1. The fraction of sp³-hybridized carbons (Fsp3) is 0.409. The molecule has 0 fully saturated rings. The van der Waals surface area contributed by atoms with Gasteiger partial charge in [-0.25, -0.2) is 9.97 Å². The minimum Gasteiger partial charge on any atom is -0.396 e. The Kier molecular flexibility index (Phi) is 6.29. The predicted octanol–water partition coefficient (Wildman–Crippen LogP) is 4.41. The first-order chi connectivity index (χ1) is 13.5. The number of aromatic nitrogens is 3. The van der Waals surface area contributed by atoms with E-state index in [9.17, 15) is 0 Å². The van der Waals surface area contributed by atoms with E-state index in [0.29, 0.717) is 12.4 Å². The number of hydrogen-bond donors (Lipinski definition) is 1. The lowest BCUT2D eigenvalue weighted by atomic mass is 10.1. The Hall–Kier alpha value is -2.89. The van der Waals surface area contributed by atoms with Crippen molar-refractivity contribution in [3.8, 4) is 0 Å². The summed E-state index contributed by atoms with van der Waals surface area (Å²) >= 11 is 0. The molecule has 0 saturated heterocycles. The maximum absolute atomic E-state index is 6.14. The van der Waals surface area contributed by atoms with Gasteiger partial charge in [0.25, 0.3) is 0 Å². The van der Waals surface area contributed by atoms with E-state index >= 15 is 0 Å².